The molecule has 3 atom stereocenters. The van der Waals surface area contributed by atoms with Gasteiger partial charge >= 0.3 is 0 Å². The number of nitrogens with one attached hydrogen (secondary N) is 1. The van der Waals surface area contributed by atoms with Crippen LogP contribution in [-0.4, -0.2) is 34.9 Å². The average Bonchev–Trinajstić information content (AvgIpc) is 3.07. The molecule has 0 unspecified atom stereocenters. The first-order valence-corrected chi connectivity index (χ1v) is 12.0. The van der Waals surface area contributed by atoms with E-state index in [1.54, 1.807) is 30.3 Å². The van der Waals surface area contributed by atoms with Gasteiger partial charge in [-0.25, -0.2) is 0 Å². The minimum atomic E-state index is -0.511. The van der Waals surface area contributed by atoms with Gasteiger partial charge in [-0.2, -0.15) is 0 Å². The zero-order chi connectivity index (χ0) is 24.9. The Labute approximate surface area is 206 Å². The van der Waals surface area contributed by atoms with Crippen molar-refractivity contribution in [3.63, 3.8) is 0 Å². The number of Topliss-reactive ketones (excluding diaryl/α,β-unsaturated/α-hetero) is 2. The van der Waals surface area contributed by atoms with Gasteiger partial charge in [0.05, 0.1) is 0 Å². The fraction of sp³-hybridized carbons (Fsp3) is 0.267. The van der Waals surface area contributed by atoms with Crippen molar-refractivity contribution in [3.8, 4) is 11.5 Å². The van der Waals surface area contributed by atoms with Crippen LogP contribution in [0.15, 0.2) is 79.4 Å². The second-order valence-electron chi connectivity index (χ2n) is 9.18. The third-order valence-corrected chi connectivity index (χ3v) is 7.01. The van der Waals surface area contributed by atoms with E-state index in [0.29, 0.717) is 37.1 Å². The maximum atomic E-state index is 13.9. The Morgan fingerprint density at radius 3 is 2.14 bits per heavy atom. The summed E-state index contributed by atoms with van der Waals surface area (Å²) in [7, 11) is 0. The number of phenols is 2. The molecule has 0 amide bonds. The normalized spacial score (nSPS) is 20.1. The largest absolute Gasteiger partial charge is 0.508 e. The highest BCUT2D eigenvalue weighted by molar-refractivity contribution is 6.02. The zero-order valence-electron chi connectivity index (χ0n) is 19.9. The van der Waals surface area contributed by atoms with Crippen molar-refractivity contribution in [2.24, 2.45) is 11.8 Å². The molecule has 3 N–H and O–H groups in total. The lowest BCUT2D eigenvalue weighted by atomic mass is 9.69. The molecule has 3 aromatic rings. The number of carbonyl (C=O) groups excluding carboxylic acids is 2. The molecule has 1 heterocycles. The van der Waals surface area contributed by atoms with Crippen LogP contribution in [0.2, 0.25) is 0 Å². The summed E-state index contributed by atoms with van der Waals surface area (Å²) in [5, 5.41) is 23.4. The van der Waals surface area contributed by atoms with Gasteiger partial charge < -0.3 is 15.5 Å². The van der Waals surface area contributed by atoms with Crippen molar-refractivity contribution in [1.82, 2.24) is 5.32 Å². The molecular weight excluding hydrogens is 438 g/mol. The van der Waals surface area contributed by atoms with Gasteiger partial charge in [-0.3, -0.25) is 9.59 Å². The fourth-order valence-corrected chi connectivity index (χ4v) is 5.27. The molecule has 180 valence electrons. The number of aromatic hydroxyl groups is 2. The summed E-state index contributed by atoms with van der Waals surface area (Å²) in [5.74, 6) is -1.47. The minimum absolute atomic E-state index is 0.0329. The van der Waals surface area contributed by atoms with Crippen LogP contribution in [0, 0.1) is 18.8 Å². The number of hydrogen-bond donors (Lipinski definition) is 3. The van der Waals surface area contributed by atoms with Gasteiger partial charge in [0, 0.05) is 35.4 Å². The van der Waals surface area contributed by atoms with E-state index in [1.807, 2.05) is 31.2 Å². The van der Waals surface area contributed by atoms with Crippen LogP contribution < -0.4 is 5.32 Å². The highest BCUT2D eigenvalue weighted by Gasteiger charge is 2.41. The van der Waals surface area contributed by atoms with Crippen molar-refractivity contribution < 1.29 is 19.8 Å². The fourth-order valence-electron chi connectivity index (χ4n) is 5.27. The van der Waals surface area contributed by atoms with Crippen LogP contribution in [0.5, 0.6) is 11.5 Å². The van der Waals surface area contributed by atoms with E-state index < -0.39 is 11.8 Å². The molecule has 0 saturated carbocycles. The van der Waals surface area contributed by atoms with Crippen LogP contribution in [0.3, 0.4) is 0 Å². The molecule has 1 saturated heterocycles. The van der Waals surface area contributed by atoms with Gasteiger partial charge in [-0.15, -0.1) is 6.58 Å². The molecule has 0 spiro atoms. The number of rotatable bonds is 7. The van der Waals surface area contributed by atoms with Gasteiger partial charge in [-0.05, 0) is 67.3 Å². The average molecular weight is 470 g/mol. The molecule has 1 fully saturated rings. The summed E-state index contributed by atoms with van der Waals surface area (Å²) in [6.45, 7) is 6.93. The first-order chi connectivity index (χ1) is 16.9. The number of phenolic OH excluding ortho intramolecular Hbond substituents is 2. The second-order valence-corrected chi connectivity index (χ2v) is 9.18. The maximum absolute atomic E-state index is 13.9. The van der Waals surface area contributed by atoms with Gasteiger partial charge in [0.15, 0.2) is 11.6 Å². The lowest BCUT2D eigenvalue weighted by Crippen LogP contribution is -2.35. The first-order valence-electron chi connectivity index (χ1n) is 12.0. The van der Waals surface area contributed by atoms with Crippen molar-refractivity contribution >= 4 is 11.6 Å². The molecule has 0 aromatic heterocycles. The lowest BCUT2D eigenvalue weighted by Gasteiger charge is -2.32. The number of hydrogen-bond acceptors (Lipinski definition) is 5. The van der Waals surface area contributed by atoms with E-state index >= 15 is 0 Å². The summed E-state index contributed by atoms with van der Waals surface area (Å²) in [4.78, 5) is 27.7. The van der Waals surface area contributed by atoms with Crippen LogP contribution in [0.25, 0.3) is 0 Å². The minimum Gasteiger partial charge on any atom is -0.508 e. The topological polar surface area (TPSA) is 86.6 Å². The molecule has 1 aliphatic heterocycles. The van der Waals surface area contributed by atoms with Crippen molar-refractivity contribution in [3.05, 3.63) is 107 Å². The third kappa shape index (κ3) is 5.20. The standard InChI is InChI=1S/C30H31NO4/c1-3-7-20-8-6-13-25(19(20)2)28-26(29(34)21-9-4-11-23(32)16-21)14-15-31-18-27(28)30(35)22-10-5-12-24(33)17-22/h3-6,8-13,16-17,26-28,31-33H,1,7,14-15,18H2,2H3/t26-,27+,28+/m0/s1. The molecule has 0 aliphatic carbocycles. The lowest BCUT2D eigenvalue weighted by molar-refractivity contribution is 0.0825. The first kappa shape index (κ1) is 24.4. The summed E-state index contributed by atoms with van der Waals surface area (Å²) in [5.41, 5.74) is 4.01. The Balaban J connectivity index is 1.86. The Kier molecular flexibility index (Phi) is 7.47. The summed E-state index contributed by atoms with van der Waals surface area (Å²) < 4.78 is 0. The Bertz CT molecular complexity index is 1180. The monoisotopic (exact) mass is 469 g/mol. The quantitative estimate of drug-likeness (QED) is 0.327. The Hall–Kier alpha value is -3.70. The second kappa shape index (κ2) is 10.7. The summed E-state index contributed by atoms with van der Waals surface area (Å²) in [6.07, 6.45) is 3.11. The molecular formula is C30H31NO4. The molecule has 4 rings (SSSR count). The van der Waals surface area contributed by atoms with Crippen LogP contribution >= 0.6 is 0 Å². The van der Waals surface area contributed by atoms with E-state index in [9.17, 15) is 19.8 Å². The number of ketones is 2. The van der Waals surface area contributed by atoms with Gasteiger partial charge in [0.25, 0.3) is 0 Å². The highest BCUT2D eigenvalue weighted by atomic mass is 16.3. The van der Waals surface area contributed by atoms with Crippen LogP contribution in [0.4, 0.5) is 0 Å². The van der Waals surface area contributed by atoms with Gasteiger partial charge in [0.2, 0.25) is 0 Å². The predicted octanol–water partition coefficient (Wildman–Crippen LogP) is 5.21. The number of benzene rings is 3. The summed E-state index contributed by atoms with van der Waals surface area (Å²) >= 11 is 0. The molecule has 3 aromatic carbocycles. The smallest absolute Gasteiger partial charge is 0.167 e. The van der Waals surface area contributed by atoms with E-state index in [2.05, 4.69) is 11.9 Å². The molecule has 1 aliphatic rings. The van der Waals surface area contributed by atoms with E-state index in [-0.39, 0.29) is 29.0 Å². The predicted molar refractivity (Wildman–Crippen MR) is 137 cm³/mol. The maximum Gasteiger partial charge on any atom is 0.167 e. The molecule has 0 radical (unpaired) electrons. The zero-order valence-corrected chi connectivity index (χ0v) is 19.9. The molecule has 0 bridgehead atoms. The molecule has 35 heavy (non-hydrogen) atoms. The number of allylic oxidation sites excluding steroid dienone is 1. The van der Waals surface area contributed by atoms with Crippen LogP contribution in [-0.2, 0) is 6.42 Å². The van der Waals surface area contributed by atoms with Crippen molar-refractivity contribution in [2.75, 3.05) is 13.1 Å². The summed E-state index contributed by atoms with van der Waals surface area (Å²) in [6, 6.07) is 18.8. The Morgan fingerprint density at radius 1 is 0.943 bits per heavy atom. The Morgan fingerprint density at radius 2 is 1.54 bits per heavy atom. The third-order valence-electron chi connectivity index (χ3n) is 7.01. The van der Waals surface area contributed by atoms with Crippen molar-refractivity contribution in [1.29, 1.82) is 0 Å². The van der Waals surface area contributed by atoms with E-state index in [0.717, 1.165) is 16.7 Å². The molecule has 5 nitrogen and oxygen atoms in total. The molecule has 5 heteroatoms. The van der Waals surface area contributed by atoms with Crippen LogP contribution in [0.1, 0.15) is 49.7 Å². The van der Waals surface area contributed by atoms with Crippen molar-refractivity contribution in [2.45, 2.75) is 25.7 Å². The van der Waals surface area contributed by atoms with E-state index in [1.165, 1.54) is 18.2 Å². The SMILES string of the molecule is C=CCc1cccc([C@@H]2[C@@H](C(=O)c3cccc(O)c3)CCNC[C@H]2C(=O)c2cccc(O)c2)c1C. The van der Waals surface area contributed by atoms with Gasteiger partial charge in [0.1, 0.15) is 11.5 Å². The van der Waals surface area contributed by atoms with E-state index in [4.69, 9.17) is 0 Å². The number of carbonyl (C=O) groups is 2. The highest BCUT2D eigenvalue weighted by Crippen LogP contribution is 2.41. The van der Waals surface area contributed by atoms with Gasteiger partial charge in [-0.1, -0.05) is 48.5 Å².